The third kappa shape index (κ3) is 3.05. The molecule has 3 heteroatoms. The van der Waals surface area contributed by atoms with Crippen molar-refractivity contribution in [1.29, 1.82) is 0 Å². The van der Waals surface area contributed by atoms with Crippen molar-refractivity contribution in [3.05, 3.63) is 35.9 Å². The highest BCUT2D eigenvalue weighted by atomic mass is 16.5. The summed E-state index contributed by atoms with van der Waals surface area (Å²) in [5, 5.41) is 10.8. The van der Waals surface area contributed by atoms with Crippen LogP contribution in [0.5, 0.6) is 0 Å². The van der Waals surface area contributed by atoms with Crippen LogP contribution in [0.4, 0.5) is 0 Å². The van der Waals surface area contributed by atoms with Crippen LogP contribution >= 0.6 is 0 Å². The summed E-state index contributed by atoms with van der Waals surface area (Å²) in [5.41, 5.74) is 1.07. The van der Waals surface area contributed by atoms with E-state index in [-0.39, 0.29) is 6.10 Å². The molecular weight excluding hydrogens is 250 g/mol. The molecule has 1 saturated carbocycles. The van der Waals surface area contributed by atoms with Gasteiger partial charge < -0.3 is 9.84 Å². The Labute approximate surface area is 121 Å². The van der Waals surface area contributed by atoms with Gasteiger partial charge in [-0.2, -0.15) is 0 Å². The van der Waals surface area contributed by atoms with E-state index >= 15 is 0 Å². The van der Waals surface area contributed by atoms with Crippen molar-refractivity contribution in [1.82, 2.24) is 4.90 Å². The molecule has 1 N–H and O–H groups in total. The number of morpholine rings is 1. The Morgan fingerprint density at radius 1 is 1.05 bits per heavy atom. The topological polar surface area (TPSA) is 32.7 Å². The van der Waals surface area contributed by atoms with E-state index in [1.165, 1.54) is 19.3 Å². The zero-order valence-electron chi connectivity index (χ0n) is 12.1. The fraction of sp³-hybridized carbons (Fsp3) is 0.647. The molecule has 1 aromatic rings. The molecule has 2 aliphatic rings. The van der Waals surface area contributed by atoms with Gasteiger partial charge in [-0.15, -0.1) is 0 Å². The average Bonchev–Trinajstić information content (AvgIpc) is 2.56. The number of aliphatic hydroxyl groups is 1. The smallest absolute Gasteiger partial charge is 0.0833 e. The summed E-state index contributed by atoms with van der Waals surface area (Å²) in [6.45, 7) is 3.71. The van der Waals surface area contributed by atoms with Crippen molar-refractivity contribution < 1.29 is 9.84 Å². The van der Waals surface area contributed by atoms with Crippen molar-refractivity contribution in [3.63, 3.8) is 0 Å². The number of hydrogen-bond acceptors (Lipinski definition) is 3. The molecule has 1 heterocycles. The number of ether oxygens (including phenoxy) is 1. The van der Waals surface area contributed by atoms with Gasteiger partial charge in [0, 0.05) is 25.0 Å². The Hall–Kier alpha value is -0.900. The summed E-state index contributed by atoms with van der Waals surface area (Å²) in [7, 11) is 0. The minimum atomic E-state index is -0.329. The maximum absolute atomic E-state index is 10.8. The maximum Gasteiger partial charge on any atom is 0.0833 e. The SMILES string of the molecule is OC(c1ccccc1)C1CCCCC1N1CCOCC1. The first-order valence-corrected chi connectivity index (χ1v) is 7.91. The van der Waals surface area contributed by atoms with Crippen LogP contribution in [0, 0.1) is 5.92 Å². The predicted octanol–water partition coefficient (Wildman–Crippen LogP) is 2.61. The maximum atomic E-state index is 10.8. The third-order valence-electron chi connectivity index (χ3n) is 4.84. The molecule has 1 aliphatic heterocycles. The highest BCUT2D eigenvalue weighted by Crippen LogP contribution is 2.37. The highest BCUT2D eigenvalue weighted by molar-refractivity contribution is 5.18. The van der Waals surface area contributed by atoms with Crippen LogP contribution in [-0.2, 0) is 4.74 Å². The van der Waals surface area contributed by atoms with E-state index in [0.29, 0.717) is 12.0 Å². The molecule has 3 rings (SSSR count). The van der Waals surface area contributed by atoms with Crippen LogP contribution < -0.4 is 0 Å². The molecule has 3 unspecified atom stereocenters. The van der Waals surface area contributed by atoms with Gasteiger partial charge in [-0.1, -0.05) is 43.2 Å². The fourth-order valence-corrected chi connectivity index (χ4v) is 3.77. The van der Waals surface area contributed by atoms with Crippen LogP contribution in [0.3, 0.4) is 0 Å². The Bertz CT molecular complexity index is 403. The second-order valence-electron chi connectivity index (χ2n) is 6.02. The predicted molar refractivity (Wildman–Crippen MR) is 79.5 cm³/mol. The number of rotatable bonds is 3. The monoisotopic (exact) mass is 275 g/mol. The molecule has 110 valence electrons. The highest BCUT2D eigenvalue weighted by Gasteiger charge is 2.35. The average molecular weight is 275 g/mol. The lowest BCUT2D eigenvalue weighted by Crippen LogP contribution is -2.49. The number of hydrogen-bond donors (Lipinski definition) is 1. The summed E-state index contributed by atoms with van der Waals surface area (Å²) >= 11 is 0. The van der Waals surface area contributed by atoms with E-state index in [0.717, 1.165) is 38.3 Å². The van der Waals surface area contributed by atoms with Crippen LogP contribution in [0.25, 0.3) is 0 Å². The normalized spacial score (nSPS) is 30.1. The summed E-state index contributed by atoms with van der Waals surface area (Å²) in [6, 6.07) is 10.7. The molecule has 2 fully saturated rings. The molecule has 1 aromatic carbocycles. The van der Waals surface area contributed by atoms with Crippen LogP contribution in [0.15, 0.2) is 30.3 Å². The molecule has 3 atom stereocenters. The van der Waals surface area contributed by atoms with Crippen LogP contribution in [0.2, 0.25) is 0 Å². The molecule has 0 amide bonds. The molecule has 0 radical (unpaired) electrons. The second kappa shape index (κ2) is 6.70. The van der Waals surface area contributed by atoms with Crippen molar-refractivity contribution >= 4 is 0 Å². The molecule has 0 bridgehead atoms. The standard InChI is InChI=1S/C17H25NO2/c19-17(14-6-2-1-3-7-14)15-8-4-5-9-16(15)18-10-12-20-13-11-18/h1-3,6-7,15-17,19H,4-5,8-13H2. The summed E-state index contributed by atoms with van der Waals surface area (Å²) in [5.74, 6) is 0.365. The van der Waals surface area contributed by atoms with E-state index < -0.39 is 0 Å². The zero-order valence-corrected chi connectivity index (χ0v) is 12.1. The Balaban J connectivity index is 1.74. The lowest BCUT2D eigenvalue weighted by molar-refractivity contribution is -0.0372. The minimum absolute atomic E-state index is 0.329. The lowest BCUT2D eigenvalue weighted by Gasteiger charge is -2.43. The zero-order chi connectivity index (χ0) is 13.8. The molecule has 20 heavy (non-hydrogen) atoms. The summed E-state index contributed by atoms with van der Waals surface area (Å²) < 4.78 is 5.47. The molecular formula is C17H25NO2. The van der Waals surface area contributed by atoms with E-state index in [1.54, 1.807) is 0 Å². The van der Waals surface area contributed by atoms with E-state index in [9.17, 15) is 5.11 Å². The van der Waals surface area contributed by atoms with Crippen LogP contribution in [0.1, 0.15) is 37.4 Å². The summed E-state index contributed by atoms with van der Waals surface area (Å²) in [6.07, 6.45) is 4.56. The van der Waals surface area contributed by atoms with Gasteiger partial charge in [0.15, 0.2) is 0 Å². The second-order valence-corrected chi connectivity index (χ2v) is 6.02. The van der Waals surface area contributed by atoms with Gasteiger partial charge in [-0.3, -0.25) is 4.90 Å². The molecule has 0 spiro atoms. The van der Waals surface area contributed by atoms with Crippen molar-refractivity contribution in [2.75, 3.05) is 26.3 Å². The van der Waals surface area contributed by atoms with Crippen molar-refractivity contribution in [2.24, 2.45) is 5.92 Å². The van der Waals surface area contributed by atoms with Gasteiger partial charge in [0.05, 0.1) is 19.3 Å². The van der Waals surface area contributed by atoms with Gasteiger partial charge in [-0.05, 0) is 18.4 Å². The summed E-state index contributed by atoms with van der Waals surface area (Å²) in [4.78, 5) is 2.54. The van der Waals surface area contributed by atoms with E-state index in [4.69, 9.17) is 4.74 Å². The first-order valence-electron chi connectivity index (χ1n) is 7.91. The Morgan fingerprint density at radius 3 is 2.50 bits per heavy atom. The first-order chi connectivity index (χ1) is 9.86. The molecule has 0 aromatic heterocycles. The van der Waals surface area contributed by atoms with Crippen molar-refractivity contribution in [3.8, 4) is 0 Å². The van der Waals surface area contributed by atoms with Gasteiger partial charge in [0.1, 0.15) is 0 Å². The van der Waals surface area contributed by atoms with E-state index in [1.807, 2.05) is 18.2 Å². The third-order valence-corrected chi connectivity index (χ3v) is 4.84. The van der Waals surface area contributed by atoms with Gasteiger partial charge in [-0.25, -0.2) is 0 Å². The fourth-order valence-electron chi connectivity index (χ4n) is 3.77. The molecule has 1 aliphatic carbocycles. The molecule has 1 saturated heterocycles. The number of aliphatic hydroxyl groups excluding tert-OH is 1. The van der Waals surface area contributed by atoms with Gasteiger partial charge >= 0.3 is 0 Å². The van der Waals surface area contributed by atoms with Crippen LogP contribution in [-0.4, -0.2) is 42.4 Å². The van der Waals surface area contributed by atoms with Gasteiger partial charge in [0.25, 0.3) is 0 Å². The quantitative estimate of drug-likeness (QED) is 0.920. The first kappa shape index (κ1) is 14.1. The number of benzene rings is 1. The Kier molecular flexibility index (Phi) is 4.71. The van der Waals surface area contributed by atoms with E-state index in [2.05, 4.69) is 17.0 Å². The number of nitrogens with zero attached hydrogens (tertiary/aromatic N) is 1. The Morgan fingerprint density at radius 2 is 1.75 bits per heavy atom. The van der Waals surface area contributed by atoms with Crippen molar-refractivity contribution in [2.45, 2.75) is 37.8 Å². The molecule has 3 nitrogen and oxygen atoms in total. The largest absolute Gasteiger partial charge is 0.388 e. The minimum Gasteiger partial charge on any atom is -0.388 e. The van der Waals surface area contributed by atoms with Gasteiger partial charge in [0.2, 0.25) is 0 Å². The lowest BCUT2D eigenvalue weighted by atomic mass is 9.78.